The zero-order valence-corrected chi connectivity index (χ0v) is 19.4. The van der Waals surface area contributed by atoms with E-state index in [1.54, 1.807) is 4.57 Å². The maximum absolute atomic E-state index is 13.0. The minimum absolute atomic E-state index is 0.0747. The molecule has 6 nitrogen and oxygen atoms in total. The van der Waals surface area contributed by atoms with Crippen LogP contribution in [0.2, 0.25) is 0 Å². The van der Waals surface area contributed by atoms with Crippen molar-refractivity contribution >= 4 is 5.91 Å². The summed E-state index contributed by atoms with van der Waals surface area (Å²) in [6.45, 7) is 9.97. The number of aromatic nitrogens is 3. The summed E-state index contributed by atoms with van der Waals surface area (Å²) < 4.78 is 1.68. The van der Waals surface area contributed by atoms with Crippen molar-refractivity contribution in [3.63, 3.8) is 0 Å². The number of hydrogen-bond donors (Lipinski definition) is 1. The first-order chi connectivity index (χ1) is 15.2. The number of nitrogens with one attached hydrogen (secondary N) is 1. The van der Waals surface area contributed by atoms with E-state index in [2.05, 4.69) is 43.1 Å². The molecule has 1 fully saturated rings. The lowest BCUT2D eigenvalue weighted by atomic mass is 9.86. The predicted octanol–water partition coefficient (Wildman–Crippen LogP) is 4.26. The lowest BCUT2D eigenvalue weighted by Gasteiger charge is -2.32. The van der Waals surface area contributed by atoms with E-state index in [1.807, 2.05) is 48.2 Å². The number of aromatic amines is 1. The molecule has 2 heterocycles. The van der Waals surface area contributed by atoms with Gasteiger partial charge in [0.05, 0.1) is 5.69 Å². The van der Waals surface area contributed by atoms with Crippen LogP contribution in [0.1, 0.15) is 60.9 Å². The number of para-hydroxylation sites is 1. The van der Waals surface area contributed by atoms with E-state index >= 15 is 0 Å². The molecule has 1 saturated heterocycles. The fraction of sp³-hybridized carbons (Fsp3) is 0.423. The molecule has 0 atom stereocenters. The number of rotatable bonds is 4. The van der Waals surface area contributed by atoms with Gasteiger partial charge in [-0.05, 0) is 60.4 Å². The summed E-state index contributed by atoms with van der Waals surface area (Å²) in [6, 6.07) is 15.8. The van der Waals surface area contributed by atoms with E-state index in [9.17, 15) is 9.59 Å². The Hall–Kier alpha value is -3.15. The first-order valence-electron chi connectivity index (χ1n) is 11.4. The first kappa shape index (κ1) is 22.1. The van der Waals surface area contributed by atoms with E-state index in [-0.39, 0.29) is 17.0 Å². The molecule has 0 radical (unpaired) electrons. The van der Waals surface area contributed by atoms with Crippen LogP contribution < -0.4 is 5.69 Å². The van der Waals surface area contributed by atoms with Crippen molar-refractivity contribution in [3.05, 3.63) is 81.5 Å². The number of H-pyrrole nitrogens is 1. The highest BCUT2D eigenvalue weighted by Crippen LogP contribution is 2.25. The van der Waals surface area contributed by atoms with Crippen LogP contribution in [0.25, 0.3) is 5.69 Å². The van der Waals surface area contributed by atoms with Gasteiger partial charge in [-0.25, -0.2) is 14.5 Å². The summed E-state index contributed by atoms with van der Waals surface area (Å²) in [7, 11) is 0. The number of amides is 1. The van der Waals surface area contributed by atoms with Gasteiger partial charge in [0.15, 0.2) is 0 Å². The Morgan fingerprint density at radius 2 is 1.72 bits per heavy atom. The van der Waals surface area contributed by atoms with Crippen LogP contribution >= 0.6 is 0 Å². The van der Waals surface area contributed by atoms with E-state index in [4.69, 9.17) is 0 Å². The molecule has 2 aromatic carbocycles. The molecule has 0 spiro atoms. The fourth-order valence-corrected chi connectivity index (χ4v) is 4.42. The standard InChI is InChI=1S/C26H32N4O2/c1-18-7-5-6-8-22(18)30-23(27-28-25(30)32)17-19-13-15-29(16-14-19)24(31)20-9-11-21(12-10-20)26(2,3)4/h5-12,19H,13-17H2,1-4H3,(H,28,32). The van der Waals surface area contributed by atoms with Crippen molar-refractivity contribution < 1.29 is 4.79 Å². The molecule has 0 saturated carbocycles. The lowest BCUT2D eigenvalue weighted by Crippen LogP contribution is -2.39. The maximum atomic E-state index is 13.0. The molecule has 1 N–H and O–H groups in total. The molecule has 4 rings (SSSR count). The maximum Gasteiger partial charge on any atom is 0.347 e. The molecule has 1 aliphatic rings. The summed E-state index contributed by atoms with van der Waals surface area (Å²) >= 11 is 0. The van der Waals surface area contributed by atoms with Crippen LogP contribution in [-0.2, 0) is 11.8 Å². The van der Waals surface area contributed by atoms with Crippen molar-refractivity contribution in [1.29, 1.82) is 0 Å². The number of carbonyl (C=O) groups excluding carboxylic acids is 1. The van der Waals surface area contributed by atoms with Crippen LogP contribution in [0.3, 0.4) is 0 Å². The van der Waals surface area contributed by atoms with Crippen LogP contribution in [0.4, 0.5) is 0 Å². The molecule has 168 valence electrons. The van der Waals surface area contributed by atoms with Gasteiger partial charge < -0.3 is 4.90 Å². The molecule has 1 aliphatic heterocycles. The molecular formula is C26H32N4O2. The van der Waals surface area contributed by atoms with Crippen LogP contribution in [0.15, 0.2) is 53.3 Å². The van der Waals surface area contributed by atoms with Crippen molar-refractivity contribution in [2.45, 2.75) is 52.4 Å². The van der Waals surface area contributed by atoms with Gasteiger partial charge >= 0.3 is 5.69 Å². The zero-order valence-electron chi connectivity index (χ0n) is 19.4. The van der Waals surface area contributed by atoms with Gasteiger partial charge in [-0.2, -0.15) is 5.10 Å². The molecule has 0 aliphatic carbocycles. The molecule has 3 aromatic rings. The van der Waals surface area contributed by atoms with Crippen molar-refractivity contribution in [3.8, 4) is 5.69 Å². The number of hydrogen-bond acceptors (Lipinski definition) is 3. The highest BCUT2D eigenvalue weighted by atomic mass is 16.2. The number of aryl methyl sites for hydroxylation is 1. The molecule has 0 unspecified atom stereocenters. The summed E-state index contributed by atoms with van der Waals surface area (Å²) in [5.41, 5.74) is 3.75. The van der Waals surface area contributed by atoms with Gasteiger partial charge in [-0.1, -0.05) is 51.1 Å². The number of nitrogens with zero attached hydrogens (tertiary/aromatic N) is 3. The third-order valence-electron chi connectivity index (χ3n) is 6.47. The van der Waals surface area contributed by atoms with Crippen molar-refractivity contribution in [2.24, 2.45) is 5.92 Å². The second-order valence-corrected chi connectivity index (χ2v) is 9.83. The Morgan fingerprint density at radius 1 is 1.06 bits per heavy atom. The second kappa shape index (κ2) is 8.77. The molecular weight excluding hydrogens is 400 g/mol. The number of benzene rings is 2. The van der Waals surface area contributed by atoms with Gasteiger partial charge in [0.1, 0.15) is 5.82 Å². The average Bonchev–Trinajstić information content (AvgIpc) is 3.13. The summed E-state index contributed by atoms with van der Waals surface area (Å²) in [5.74, 6) is 1.24. The SMILES string of the molecule is Cc1ccccc1-n1c(CC2CCN(C(=O)c3ccc(C(C)(C)C)cc3)CC2)n[nH]c1=O. The highest BCUT2D eigenvalue weighted by Gasteiger charge is 2.26. The Balaban J connectivity index is 1.41. The average molecular weight is 433 g/mol. The summed E-state index contributed by atoms with van der Waals surface area (Å²) in [6.07, 6.45) is 2.52. The largest absolute Gasteiger partial charge is 0.347 e. The topological polar surface area (TPSA) is 71.0 Å². The predicted molar refractivity (Wildman–Crippen MR) is 126 cm³/mol. The molecule has 1 amide bonds. The monoisotopic (exact) mass is 432 g/mol. The van der Waals surface area contributed by atoms with E-state index in [0.29, 0.717) is 5.92 Å². The van der Waals surface area contributed by atoms with Crippen LogP contribution in [0, 0.1) is 12.8 Å². The van der Waals surface area contributed by atoms with E-state index < -0.39 is 0 Å². The van der Waals surface area contributed by atoms with Crippen LogP contribution in [-0.4, -0.2) is 38.7 Å². The summed E-state index contributed by atoms with van der Waals surface area (Å²) in [5, 5.41) is 6.91. The fourth-order valence-electron chi connectivity index (χ4n) is 4.42. The Morgan fingerprint density at radius 3 is 2.34 bits per heavy atom. The second-order valence-electron chi connectivity index (χ2n) is 9.83. The third-order valence-corrected chi connectivity index (χ3v) is 6.47. The number of likely N-dealkylation sites (tertiary alicyclic amines) is 1. The van der Waals surface area contributed by atoms with Gasteiger partial charge in [0.25, 0.3) is 5.91 Å². The van der Waals surface area contributed by atoms with Gasteiger partial charge in [0.2, 0.25) is 0 Å². The lowest BCUT2D eigenvalue weighted by molar-refractivity contribution is 0.0689. The highest BCUT2D eigenvalue weighted by molar-refractivity contribution is 5.94. The first-order valence-corrected chi connectivity index (χ1v) is 11.4. The minimum Gasteiger partial charge on any atom is -0.339 e. The Labute approximate surface area is 189 Å². The van der Waals surface area contributed by atoms with Crippen LogP contribution in [0.5, 0.6) is 0 Å². The Bertz CT molecular complexity index is 1140. The summed E-state index contributed by atoms with van der Waals surface area (Å²) in [4.78, 5) is 27.3. The van der Waals surface area contributed by atoms with Crippen molar-refractivity contribution in [2.75, 3.05) is 13.1 Å². The van der Waals surface area contributed by atoms with Gasteiger partial charge in [-0.15, -0.1) is 0 Å². The Kier molecular flexibility index (Phi) is 6.04. The quantitative estimate of drug-likeness (QED) is 0.670. The molecule has 0 bridgehead atoms. The molecule has 6 heteroatoms. The molecule has 1 aromatic heterocycles. The zero-order chi connectivity index (χ0) is 22.9. The van der Waals surface area contributed by atoms with Gasteiger partial charge in [-0.3, -0.25) is 4.79 Å². The van der Waals surface area contributed by atoms with E-state index in [0.717, 1.165) is 55.0 Å². The number of piperidine rings is 1. The minimum atomic E-state index is -0.208. The third kappa shape index (κ3) is 4.54. The number of carbonyl (C=O) groups is 1. The van der Waals surface area contributed by atoms with Crippen molar-refractivity contribution in [1.82, 2.24) is 19.7 Å². The van der Waals surface area contributed by atoms with Gasteiger partial charge in [0, 0.05) is 25.1 Å². The normalized spacial score (nSPS) is 15.2. The van der Waals surface area contributed by atoms with E-state index in [1.165, 1.54) is 5.56 Å². The smallest absolute Gasteiger partial charge is 0.339 e. The molecule has 32 heavy (non-hydrogen) atoms.